The Hall–Kier alpha value is -0.900. The van der Waals surface area contributed by atoms with Crippen LogP contribution < -0.4 is 5.32 Å². The maximum atomic E-state index is 12.6. The van der Waals surface area contributed by atoms with E-state index >= 15 is 0 Å². The molecule has 0 aromatic rings. The number of carbonyl (C=O) groups is 2. The van der Waals surface area contributed by atoms with E-state index in [4.69, 9.17) is 0 Å². The zero-order valence-corrected chi connectivity index (χ0v) is 14.5. The van der Waals surface area contributed by atoms with E-state index in [0.717, 1.165) is 32.2 Å². The third kappa shape index (κ3) is 4.80. The first-order valence-electron chi connectivity index (χ1n) is 8.14. The third-order valence-electron chi connectivity index (χ3n) is 4.74. The van der Waals surface area contributed by atoms with Crippen LogP contribution in [-0.4, -0.2) is 43.3 Å². The molecule has 4 nitrogen and oxygen atoms in total. The van der Waals surface area contributed by atoms with E-state index < -0.39 is 5.41 Å². The Morgan fingerprint density at radius 1 is 1.19 bits per heavy atom. The maximum Gasteiger partial charge on any atom is 0.226 e. The topological polar surface area (TPSA) is 49.4 Å². The van der Waals surface area contributed by atoms with Gasteiger partial charge in [-0.25, -0.2) is 0 Å². The van der Waals surface area contributed by atoms with Crippen LogP contribution in [0.25, 0.3) is 0 Å². The minimum Gasteiger partial charge on any atom is -0.336 e. The first kappa shape index (κ1) is 18.1. The third-order valence-corrected chi connectivity index (χ3v) is 4.74. The van der Waals surface area contributed by atoms with Crippen molar-refractivity contribution in [1.29, 1.82) is 0 Å². The van der Waals surface area contributed by atoms with Crippen LogP contribution in [0.1, 0.15) is 53.4 Å². The average molecular weight is 296 g/mol. The summed E-state index contributed by atoms with van der Waals surface area (Å²) in [5, 5.41) is 3.21. The SMILES string of the molecule is CNCC1CCC(C(=O)N(C)C(C)C(=O)C(C)(C)C)CC1. The molecule has 0 heterocycles. The highest BCUT2D eigenvalue weighted by Gasteiger charge is 2.34. The summed E-state index contributed by atoms with van der Waals surface area (Å²) in [5.41, 5.74) is -0.404. The van der Waals surface area contributed by atoms with Gasteiger partial charge in [0.15, 0.2) is 5.78 Å². The summed E-state index contributed by atoms with van der Waals surface area (Å²) in [7, 11) is 3.75. The second kappa shape index (κ2) is 7.39. The number of hydrogen-bond acceptors (Lipinski definition) is 3. The van der Waals surface area contributed by atoms with E-state index in [9.17, 15) is 9.59 Å². The van der Waals surface area contributed by atoms with Crippen molar-refractivity contribution in [2.24, 2.45) is 17.3 Å². The fourth-order valence-electron chi connectivity index (χ4n) is 3.18. The highest BCUT2D eigenvalue weighted by molar-refractivity contribution is 5.92. The van der Waals surface area contributed by atoms with Crippen LogP contribution >= 0.6 is 0 Å². The number of nitrogens with zero attached hydrogens (tertiary/aromatic N) is 1. The van der Waals surface area contributed by atoms with E-state index in [-0.39, 0.29) is 23.7 Å². The Bertz CT molecular complexity index is 365. The van der Waals surface area contributed by atoms with Crippen LogP contribution in [0, 0.1) is 17.3 Å². The number of Topliss-reactive ketones (excluding diaryl/α,β-unsaturated/α-hetero) is 1. The van der Waals surface area contributed by atoms with Crippen molar-refractivity contribution >= 4 is 11.7 Å². The van der Waals surface area contributed by atoms with Crippen molar-refractivity contribution < 1.29 is 9.59 Å². The average Bonchev–Trinajstić information content (AvgIpc) is 2.44. The Labute approximate surface area is 129 Å². The second-order valence-corrected chi connectivity index (χ2v) is 7.51. The Morgan fingerprint density at radius 3 is 2.14 bits per heavy atom. The number of rotatable bonds is 5. The minimum atomic E-state index is -0.404. The van der Waals surface area contributed by atoms with Gasteiger partial charge in [0.1, 0.15) is 0 Å². The lowest BCUT2D eigenvalue weighted by molar-refractivity contribution is -0.144. The molecule has 21 heavy (non-hydrogen) atoms. The highest BCUT2D eigenvalue weighted by atomic mass is 16.2. The molecule has 1 atom stereocenters. The predicted octanol–water partition coefficient (Wildman–Crippen LogP) is 2.47. The molecule has 1 N–H and O–H groups in total. The molecule has 0 bridgehead atoms. The lowest BCUT2D eigenvalue weighted by Crippen LogP contribution is -2.47. The number of likely N-dealkylation sites (N-methyl/N-ethyl adjacent to an activating group) is 1. The Morgan fingerprint density at radius 2 is 1.71 bits per heavy atom. The summed E-state index contributed by atoms with van der Waals surface area (Å²) in [4.78, 5) is 26.6. The normalized spacial score (nSPS) is 24.5. The molecule has 1 saturated carbocycles. The van der Waals surface area contributed by atoms with Crippen LogP contribution in [0.4, 0.5) is 0 Å². The van der Waals surface area contributed by atoms with E-state index in [1.807, 2.05) is 34.7 Å². The monoisotopic (exact) mass is 296 g/mol. The molecule has 0 aromatic heterocycles. The highest BCUT2D eigenvalue weighted by Crippen LogP contribution is 2.30. The van der Waals surface area contributed by atoms with Gasteiger partial charge in [-0.3, -0.25) is 9.59 Å². The predicted molar refractivity (Wildman–Crippen MR) is 86.1 cm³/mol. The number of carbonyl (C=O) groups excluding carboxylic acids is 2. The van der Waals surface area contributed by atoms with Gasteiger partial charge < -0.3 is 10.2 Å². The van der Waals surface area contributed by atoms with Gasteiger partial charge in [0.2, 0.25) is 5.91 Å². The van der Waals surface area contributed by atoms with Gasteiger partial charge in [-0.1, -0.05) is 20.8 Å². The summed E-state index contributed by atoms with van der Waals surface area (Å²) in [6, 6.07) is -0.340. The van der Waals surface area contributed by atoms with Gasteiger partial charge in [-0.05, 0) is 52.1 Å². The van der Waals surface area contributed by atoms with Crippen molar-refractivity contribution in [2.45, 2.75) is 59.4 Å². The molecule has 1 rings (SSSR count). The van der Waals surface area contributed by atoms with Crippen molar-refractivity contribution in [1.82, 2.24) is 10.2 Å². The lowest BCUT2D eigenvalue weighted by atomic mass is 9.80. The van der Waals surface area contributed by atoms with E-state index in [1.165, 1.54) is 0 Å². The molecule has 122 valence electrons. The van der Waals surface area contributed by atoms with Gasteiger partial charge >= 0.3 is 0 Å². The molecule has 0 radical (unpaired) electrons. The molecule has 1 aliphatic carbocycles. The van der Waals surface area contributed by atoms with Crippen molar-refractivity contribution in [3.8, 4) is 0 Å². The first-order valence-corrected chi connectivity index (χ1v) is 8.14. The van der Waals surface area contributed by atoms with Gasteiger partial charge in [-0.15, -0.1) is 0 Å². The minimum absolute atomic E-state index is 0.0957. The van der Waals surface area contributed by atoms with Crippen LogP contribution in [0.3, 0.4) is 0 Å². The molecular weight excluding hydrogens is 264 g/mol. The molecule has 1 unspecified atom stereocenters. The van der Waals surface area contributed by atoms with Crippen molar-refractivity contribution in [3.05, 3.63) is 0 Å². The van der Waals surface area contributed by atoms with Gasteiger partial charge in [0.05, 0.1) is 6.04 Å². The molecule has 1 amide bonds. The smallest absolute Gasteiger partial charge is 0.226 e. The fourth-order valence-corrected chi connectivity index (χ4v) is 3.18. The summed E-state index contributed by atoms with van der Waals surface area (Å²) >= 11 is 0. The van der Waals surface area contributed by atoms with E-state index in [2.05, 4.69) is 5.32 Å². The quantitative estimate of drug-likeness (QED) is 0.848. The lowest BCUT2D eigenvalue weighted by Gasteiger charge is -2.34. The molecule has 1 aliphatic rings. The molecule has 1 fully saturated rings. The summed E-state index contributed by atoms with van der Waals surface area (Å²) in [6.45, 7) is 8.61. The maximum absolute atomic E-state index is 12.6. The Balaban J connectivity index is 2.57. The fraction of sp³-hybridized carbons (Fsp3) is 0.882. The molecule has 0 saturated heterocycles. The number of nitrogens with one attached hydrogen (secondary N) is 1. The number of amides is 1. The van der Waals surface area contributed by atoms with Crippen molar-refractivity contribution in [2.75, 3.05) is 20.6 Å². The van der Waals surface area contributed by atoms with Crippen molar-refractivity contribution in [3.63, 3.8) is 0 Å². The largest absolute Gasteiger partial charge is 0.336 e. The number of hydrogen-bond donors (Lipinski definition) is 1. The van der Waals surface area contributed by atoms with Gasteiger partial charge in [0, 0.05) is 18.4 Å². The van der Waals surface area contributed by atoms with Crippen LogP contribution in [0.2, 0.25) is 0 Å². The molecular formula is C17H32N2O2. The molecule has 4 heteroatoms. The Kier molecular flexibility index (Phi) is 6.39. The van der Waals surface area contributed by atoms with Crippen LogP contribution in [-0.2, 0) is 9.59 Å². The van der Waals surface area contributed by atoms with Gasteiger partial charge in [-0.2, -0.15) is 0 Å². The zero-order valence-electron chi connectivity index (χ0n) is 14.5. The van der Waals surface area contributed by atoms with E-state index in [1.54, 1.807) is 11.9 Å². The zero-order chi connectivity index (χ0) is 16.2. The molecule has 0 aliphatic heterocycles. The van der Waals surface area contributed by atoms with Crippen LogP contribution in [0.15, 0.2) is 0 Å². The van der Waals surface area contributed by atoms with E-state index in [0.29, 0.717) is 5.92 Å². The standard InChI is InChI=1S/C17H32N2O2/c1-12(15(20)17(2,3)4)19(6)16(21)14-9-7-13(8-10-14)11-18-5/h12-14,18H,7-11H2,1-6H3. The number of ketones is 1. The first-order chi connectivity index (χ1) is 9.68. The summed E-state index contributed by atoms with van der Waals surface area (Å²) in [6.07, 6.45) is 4.11. The second-order valence-electron chi connectivity index (χ2n) is 7.51. The molecule has 0 aromatic carbocycles. The molecule has 0 spiro atoms. The van der Waals surface area contributed by atoms with Crippen LogP contribution in [0.5, 0.6) is 0 Å². The summed E-state index contributed by atoms with van der Waals surface area (Å²) < 4.78 is 0. The summed E-state index contributed by atoms with van der Waals surface area (Å²) in [5.74, 6) is 1.06. The van der Waals surface area contributed by atoms with Gasteiger partial charge in [0.25, 0.3) is 0 Å².